The van der Waals surface area contributed by atoms with Gasteiger partial charge in [0.25, 0.3) is 0 Å². The number of carbonyl (C=O) groups is 1. The minimum absolute atomic E-state index is 0.0593. The number of carbonyl (C=O) groups excluding carboxylic acids is 1. The molecule has 20 heavy (non-hydrogen) atoms. The van der Waals surface area contributed by atoms with E-state index in [2.05, 4.69) is 20.2 Å². The molecular weight excluding hydrogens is 284 g/mol. The molecule has 0 fully saturated rings. The molecule has 1 amide bonds. The molecular formula is C11H20N4O4S. The summed E-state index contributed by atoms with van der Waals surface area (Å²) in [5.74, 6) is 1.09. The van der Waals surface area contributed by atoms with Crippen LogP contribution in [0.2, 0.25) is 0 Å². The first-order valence-corrected chi connectivity index (χ1v) is 8.18. The van der Waals surface area contributed by atoms with E-state index in [4.69, 9.17) is 4.52 Å². The Morgan fingerprint density at radius 3 is 2.70 bits per heavy atom. The molecule has 0 unspecified atom stereocenters. The van der Waals surface area contributed by atoms with Gasteiger partial charge in [0.15, 0.2) is 5.82 Å². The van der Waals surface area contributed by atoms with Crippen LogP contribution < -0.4 is 10.0 Å². The van der Waals surface area contributed by atoms with Gasteiger partial charge in [-0.2, -0.15) is 4.98 Å². The smallest absolute Gasteiger partial charge is 0.226 e. The summed E-state index contributed by atoms with van der Waals surface area (Å²) in [5, 5.41) is 6.34. The fourth-order valence-electron chi connectivity index (χ4n) is 1.41. The topological polar surface area (TPSA) is 114 Å². The van der Waals surface area contributed by atoms with Crippen LogP contribution in [-0.4, -0.2) is 37.3 Å². The van der Waals surface area contributed by atoms with Crippen LogP contribution in [0.25, 0.3) is 0 Å². The van der Waals surface area contributed by atoms with Crippen LogP contribution in [0, 0.1) is 5.92 Å². The minimum Gasteiger partial charge on any atom is -0.349 e. The third-order valence-electron chi connectivity index (χ3n) is 2.25. The van der Waals surface area contributed by atoms with Gasteiger partial charge in [-0.15, -0.1) is 0 Å². The first-order chi connectivity index (χ1) is 9.26. The number of hydrogen-bond acceptors (Lipinski definition) is 6. The Balaban J connectivity index is 2.28. The Morgan fingerprint density at radius 2 is 2.10 bits per heavy atom. The Kier molecular flexibility index (Phi) is 6.08. The van der Waals surface area contributed by atoms with Crippen molar-refractivity contribution in [2.75, 3.05) is 12.8 Å². The largest absolute Gasteiger partial charge is 0.349 e. The number of hydrogen-bond donors (Lipinski definition) is 2. The molecule has 114 valence electrons. The summed E-state index contributed by atoms with van der Waals surface area (Å²) in [4.78, 5) is 15.6. The van der Waals surface area contributed by atoms with Crippen LogP contribution in [-0.2, 0) is 27.8 Å². The second kappa shape index (κ2) is 7.34. The molecule has 8 nitrogen and oxygen atoms in total. The fraction of sp³-hybridized carbons (Fsp3) is 0.727. The molecule has 1 aromatic heterocycles. The summed E-state index contributed by atoms with van der Waals surface area (Å²) in [5.41, 5.74) is 0. The molecule has 0 aliphatic carbocycles. The zero-order chi connectivity index (χ0) is 15.2. The highest BCUT2D eigenvalue weighted by Gasteiger charge is 2.09. The second-order valence-electron chi connectivity index (χ2n) is 4.90. The maximum absolute atomic E-state index is 11.5. The van der Waals surface area contributed by atoms with Crippen molar-refractivity contribution in [1.29, 1.82) is 0 Å². The van der Waals surface area contributed by atoms with Gasteiger partial charge in [0.1, 0.15) is 0 Å². The van der Waals surface area contributed by atoms with Gasteiger partial charge in [-0.1, -0.05) is 19.0 Å². The van der Waals surface area contributed by atoms with Crippen molar-refractivity contribution in [2.45, 2.75) is 33.2 Å². The molecule has 0 radical (unpaired) electrons. The lowest BCUT2D eigenvalue weighted by Gasteiger charge is -2.03. The molecule has 0 spiro atoms. The summed E-state index contributed by atoms with van der Waals surface area (Å²) < 4.78 is 28.9. The van der Waals surface area contributed by atoms with Crippen LogP contribution in [0.1, 0.15) is 32.0 Å². The number of nitrogens with zero attached hydrogens (tertiary/aromatic N) is 2. The average Bonchev–Trinajstić information content (AvgIpc) is 2.71. The van der Waals surface area contributed by atoms with Gasteiger partial charge < -0.3 is 9.84 Å². The second-order valence-corrected chi connectivity index (χ2v) is 6.73. The molecule has 1 aromatic rings. The van der Waals surface area contributed by atoms with E-state index in [9.17, 15) is 13.2 Å². The van der Waals surface area contributed by atoms with E-state index >= 15 is 0 Å². The quantitative estimate of drug-likeness (QED) is 0.689. The van der Waals surface area contributed by atoms with E-state index in [0.29, 0.717) is 24.1 Å². The molecule has 0 saturated carbocycles. The summed E-state index contributed by atoms with van der Waals surface area (Å²) in [6, 6.07) is 0. The summed E-state index contributed by atoms with van der Waals surface area (Å²) in [7, 11) is -3.26. The van der Waals surface area contributed by atoms with E-state index < -0.39 is 10.0 Å². The number of nitrogens with one attached hydrogen (secondary N) is 2. The van der Waals surface area contributed by atoms with Gasteiger partial charge in [-0.05, 0) is 5.92 Å². The van der Waals surface area contributed by atoms with Crippen molar-refractivity contribution >= 4 is 15.9 Å². The van der Waals surface area contributed by atoms with Crippen molar-refractivity contribution in [3.8, 4) is 0 Å². The fourth-order valence-corrected chi connectivity index (χ4v) is 1.88. The Hall–Kier alpha value is -1.48. The van der Waals surface area contributed by atoms with Crippen molar-refractivity contribution in [1.82, 2.24) is 20.2 Å². The van der Waals surface area contributed by atoms with Crippen molar-refractivity contribution < 1.29 is 17.7 Å². The molecule has 1 heterocycles. The zero-order valence-corrected chi connectivity index (χ0v) is 12.7. The highest BCUT2D eigenvalue weighted by Crippen LogP contribution is 2.05. The van der Waals surface area contributed by atoms with Crippen LogP contribution in [0.4, 0.5) is 0 Å². The predicted octanol–water partition coefficient (Wildman–Crippen LogP) is -0.176. The third kappa shape index (κ3) is 7.19. The number of aromatic nitrogens is 2. The molecule has 1 rings (SSSR count). The van der Waals surface area contributed by atoms with Crippen molar-refractivity contribution in [3.05, 3.63) is 11.7 Å². The monoisotopic (exact) mass is 304 g/mol. The number of amides is 1. The van der Waals surface area contributed by atoms with E-state index in [1.165, 1.54) is 0 Å². The average molecular weight is 304 g/mol. The molecule has 0 aliphatic rings. The lowest BCUT2D eigenvalue weighted by Crippen LogP contribution is -2.30. The Bertz CT molecular complexity index is 538. The normalized spacial score (nSPS) is 11.8. The minimum atomic E-state index is -3.26. The van der Waals surface area contributed by atoms with Crippen LogP contribution in [0.5, 0.6) is 0 Å². The lowest BCUT2D eigenvalue weighted by atomic mass is 10.1. The van der Waals surface area contributed by atoms with Crippen LogP contribution >= 0.6 is 0 Å². The number of sulfonamides is 1. The lowest BCUT2D eigenvalue weighted by molar-refractivity contribution is -0.121. The maximum atomic E-state index is 11.5. The van der Waals surface area contributed by atoms with Gasteiger partial charge in [-0.25, -0.2) is 13.1 Å². The van der Waals surface area contributed by atoms with E-state index in [1.807, 2.05) is 13.8 Å². The summed E-state index contributed by atoms with van der Waals surface area (Å²) in [6.07, 6.45) is 1.80. The molecule has 9 heteroatoms. The van der Waals surface area contributed by atoms with Gasteiger partial charge in [0, 0.05) is 19.4 Å². The predicted molar refractivity (Wildman–Crippen MR) is 72.2 cm³/mol. The molecule has 0 saturated heterocycles. The Labute approximate surface area is 118 Å². The molecule has 0 bridgehead atoms. The van der Waals surface area contributed by atoms with E-state index in [0.717, 1.165) is 6.26 Å². The molecule has 0 aliphatic heterocycles. The van der Waals surface area contributed by atoms with Crippen LogP contribution in [0.3, 0.4) is 0 Å². The molecule has 0 aromatic carbocycles. The van der Waals surface area contributed by atoms with Gasteiger partial charge >= 0.3 is 0 Å². The van der Waals surface area contributed by atoms with Crippen LogP contribution in [0.15, 0.2) is 4.52 Å². The SMILES string of the molecule is CC(C)Cc1nc(CNC(=O)CCNS(C)(=O)=O)no1. The maximum Gasteiger partial charge on any atom is 0.226 e. The summed E-state index contributed by atoms with van der Waals surface area (Å²) >= 11 is 0. The Morgan fingerprint density at radius 1 is 1.40 bits per heavy atom. The van der Waals surface area contributed by atoms with Crippen molar-refractivity contribution in [3.63, 3.8) is 0 Å². The standard InChI is InChI=1S/C11H20N4O4S/c1-8(2)6-11-14-9(15-19-11)7-12-10(16)4-5-13-20(3,17)18/h8,13H,4-7H2,1-3H3,(H,12,16). The number of rotatable bonds is 8. The first-order valence-electron chi connectivity index (χ1n) is 6.29. The highest BCUT2D eigenvalue weighted by atomic mass is 32.2. The summed E-state index contributed by atoms with van der Waals surface area (Å²) in [6.45, 7) is 4.32. The van der Waals surface area contributed by atoms with Gasteiger partial charge in [-0.3, -0.25) is 4.79 Å². The van der Waals surface area contributed by atoms with E-state index in [1.54, 1.807) is 0 Å². The molecule has 2 N–H and O–H groups in total. The van der Waals surface area contributed by atoms with Gasteiger partial charge in [0.2, 0.25) is 21.8 Å². The van der Waals surface area contributed by atoms with Gasteiger partial charge in [0.05, 0.1) is 12.8 Å². The van der Waals surface area contributed by atoms with Crippen molar-refractivity contribution in [2.24, 2.45) is 5.92 Å². The molecule has 0 atom stereocenters. The zero-order valence-electron chi connectivity index (χ0n) is 11.8. The van der Waals surface area contributed by atoms with E-state index in [-0.39, 0.29) is 25.4 Å². The highest BCUT2D eigenvalue weighted by molar-refractivity contribution is 7.88. The third-order valence-corrected chi connectivity index (χ3v) is 2.98. The first kappa shape index (κ1) is 16.6.